The van der Waals surface area contributed by atoms with E-state index in [1.54, 1.807) is 6.07 Å². The fourth-order valence-corrected chi connectivity index (χ4v) is 2.14. The van der Waals surface area contributed by atoms with Crippen LogP contribution in [0.25, 0.3) is 11.0 Å². The van der Waals surface area contributed by atoms with Gasteiger partial charge in [-0.2, -0.15) is 4.98 Å². The maximum absolute atomic E-state index is 14.0. The van der Waals surface area contributed by atoms with Gasteiger partial charge in [0.1, 0.15) is 5.82 Å². The Balaban J connectivity index is 2.02. The van der Waals surface area contributed by atoms with Crippen molar-refractivity contribution in [2.24, 2.45) is 0 Å². The van der Waals surface area contributed by atoms with Crippen LogP contribution in [0.3, 0.4) is 0 Å². The summed E-state index contributed by atoms with van der Waals surface area (Å²) in [5, 5.41) is 0. The average Bonchev–Trinajstić information content (AvgIpc) is 2.80. The molecule has 0 aliphatic carbocycles. The maximum Gasteiger partial charge on any atom is 0.294 e. The Morgan fingerprint density at radius 1 is 1.39 bits per heavy atom. The smallest absolute Gasteiger partial charge is 0.294 e. The lowest BCUT2D eigenvalue weighted by Crippen LogP contribution is -2.36. The van der Waals surface area contributed by atoms with Crippen LogP contribution in [-0.2, 0) is 4.74 Å². The number of aromatic nitrogens is 2. The van der Waals surface area contributed by atoms with E-state index in [4.69, 9.17) is 9.47 Å². The van der Waals surface area contributed by atoms with Crippen LogP contribution in [0.1, 0.15) is 0 Å². The topological polar surface area (TPSA) is 50.4 Å². The first kappa shape index (κ1) is 11.3. The van der Waals surface area contributed by atoms with Crippen LogP contribution in [0.15, 0.2) is 12.1 Å². The minimum atomic E-state index is -0.254. The lowest BCUT2D eigenvalue weighted by Gasteiger charge is -2.29. The van der Waals surface area contributed by atoms with Gasteiger partial charge in [0.2, 0.25) is 0 Å². The summed E-state index contributed by atoms with van der Waals surface area (Å²) < 4.78 is 24.3. The molecule has 0 bridgehead atoms. The Kier molecular flexibility index (Phi) is 2.79. The predicted molar refractivity (Wildman–Crippen MR) is 65.6 cm³/mol. The highest BCUT2D eigenvalue weighted by Crippen LogP contribution is 2.26. The van der Waals surface area contributed by atoms with Crippen molar-refractivity contribution in [1.29, 1.82) is 0 Å². The van der Waals surface area contributed by atoms with Crippen LogP contribution in [0.4, 0.5) is 10.1 Å². The van der Waals surface area contributed by atoms with Crippen molar-refractivity contribution in [3.05, 3.63) is 17.9 Å². The van der Waals surface area contributed by atoms with Gasteiger partial charge in [0, 0.05) is 19.2 Å². The number of anilines is 1. The molecule has 96 valence electrons. The van der Waals surface area contributed by atoms with Crippen molar-refractivity contribution in [3.8, 4) is 6.01 Å². The van der Waals surface area contributed by atoms with Gasteiger partial charge in [-0.25, -0.2) is 4.39 Å². The number of halogens is 1. The summed E-state index contributed by atoms with van der Waals surface area (Å²) in [4.78, 5) is 9.10. The van der Waals surface area contributed by atoms with Crippen molar-refractivity contribution in [2.45, 2.75) is 0 Å². The summed E-state index contributed by atoms with van der Waals surface area (Å²) in [6.45, 7) is 2.65. The molecule has 1 saturated heterocycles. The number of ether oxygens (including phenoxy) is 2. The molecule has 1 aliphatic heterocycles. The van der Waals surface area contributed by atoms with Gasteiger partial charge in [0.25, 0.3) is 6.01 Å². The van der Waals surface area contributed by atoms with Crippen LogP contribution in [0.5, 0.6) is 6.01 Å². The Bertz CT molecular complexity index is 564. The molecule has 1 aliphatic rings. The third-order valence-corrected chi connectivity index (χ3v) is 3.07. The minimum Gasteiger partial charge on any atom is -0.468 e. The van der Waals surface area contributed by atoms with Gasteiger partial charge < -0.3 is 19.4 Å². The van der Waals surface area contributed by atoms with E-state index in [0.29, 0.717) is 49.0 Å². The average molecular weight is 251 g/mol. The Morgan fingerprint density at radius 2 is 2.17 bits per heavy atom. The number of hydrogen-bond donors (Lipinski definition) is 1. The standard InChI is InChI=1S/C12H14FN3O2/c1-17-12-14-9-6-8(13)11(7-10(9)15-12)16-2-4-18-5-3-16/h6-7H,2-5H2,1H3,(H,14,15). The lowest BCUT2D eigenvalue weighted by atomic mass is 10.2. The molecule has 6 heteroatoms. The first-order valence-electron chi connectivity index (χ1n) is 5.84. The predicted octanol–water partition coefficient (Wildman–Crippen LogP) is 1.55. The first-order valence-corrected chi connectivity index (χ1v) is 5.84. The van der Waals surface area contributed by atoms with Gasteiger partial charge in [-0.1, -0.05) is 0 Å². The van der Waals surface area contributed by atoms with Crippen LogP contribution in [0, 0.1) is 5.82 Å². The van der Waals surface area contributed by atoms with E-state index in [9.17, 15) is 4.39 Å². The molecular weight excluding hydrogens is 237 g/mol. The molecular formula is C12H14FN3O2. The number of imidazole rings is 1. The Hall–Kier alpha value is -1.82. The number of methoxy groups -OCH3 is 1. The Labute approximate surface area is 104 Å². The van der Waals surface area contributed by atoms with Crippen molar-refractivity contribution in [2.75, 3.05) is 38.3 Å². The number of morpholine rings is 1. The van der Waals surface area contributed by atoms with Gasteiger partial charge in [-0.3, -0.25) is 0 Å². The second-order valence-electron chi connectivity index (χ2n) is 4.17. The number of fused-ring (bicyclic) bond motifs is 1. The fourth-order valence-electron chi connectivity index (χ4n) is 2.14. The summed E-state index contributed by atoms with van der Waals surface area (Å²) in [5.74, 6) is -0.254. The molecule has 3 rings (SSSR count). The lowest BCUT2D eigenvalue weighted by molar-refractivity contribution is 0.122. The summed E-state index contributed by atoms with van der Waals surface area (Å²) in [6.07, 6.45) is 0. The molecule has 2 heterocycles. The normalized spacial score (nSPS) is 16.2. The zero-order valence-corrected chi connectivity index (χ0v) is 10.1. The number of H-pyrrole nitrogens is 1. The molecule has 1 aromatic heterocycles. The molecule has 1 N–H and O–H groups in total. The molecule has 1 fully saturated rings. The zero-order valence-electron chi connectivity index (χ0n) is 10.1. The molecule has 5 nitrogen and oxygen atoms in total. The van der Waals surface area contributed by atoms with Crippen LogP contribution >= 0.6 is 0 Å². The summed E-state index contributed by atoms with van der Waals surface area (Å²) in [5.41, 5.74) is 1.91. The molecule has 0 amide bonds. The van der Waals surface area contributed by atoms with Crippen molar-refractivity contribution < 1.29 is 13.9 Å². The number of hydrogen-bond acceptors (Lipinski definition) is 4. The van der Waals surface area contributed by atoms with Gasteiger partial charge >= 0.3 is 0 Å². The van der Waals surface area contributed by atoms with E-state index in [0.717, 1.165) is 0 Å². The highest BCUT2D eigenvalue weighted by molar-refractivity contribution is 5.80. The van der Waals surface area contributed by atoms with Crippen molar-refractivity contribution in [1.82, 2.24) is 9.97 Å². The van der Waals surface area contributed by atoms with E-state index in [1.807, 2.05) is 4.90 Å². The van der Waals surface area contributed by atoms with Crippen LogP contribution in [0.2, 0.25) is 0 Å². The number of rotatable bonds is 2. The number of nitrogens with zero attached hydrogens (tertiary/aromatic N) is 2. The molecule has 0 spiro atoms. The fraction of sp³-hybridized carbons (Fsp3) is 0.417. The van der Waals surface area contributed by atoms with Crippen LogP contribution < -0.4 is 9.64 Å². The van der Waals surface area contributed by atoms with Crippen molar-refractivity contribution in [3.63, 3.8) is 0 Å². The molecule has 2 aromatic rings. The summed E-state index contributed by atoms with van der Waals surface area (Å²) >= 11 is 0. The highest BCUT2D eigenvalue weighted by atomic mass is 19.1. The molecule has 18 heavy (non-hydrogen) atoms. The molecule has 1 aromatic carbocycles. The van der Waals surface area contributed by atoms with Gasteiger partial charge in [-0.15, -0.1) is 0 Å². The van der Waals surface area contributed by atoms with Gasteiger partial charge in [0.05, 0.1) is 37.0 Å². The first-order chi connectivity index (χ1) is 8.78. The van der Waals surface area contributed by atoms with E-state index >= 15 is 0 Å². The maximum atomic E-state index is 14.0. The number of benzene rings is 1. The molecule has 0 atom stereocenters. The SMILES string of the molecule is COc1nc2cc(N3CCOCC3)c(F)cc2[nH]1. The number of nitrogens with one attached hydrogen (secondary N) is 1. The second-order valence-corrected chi connectivity index (χ2v) is 4.17. The monoisotopic (exact) mass is 251 g/mol. The second kappa shape index (κ2) is 4.45. The van der Waals surface area contributed by atoms with Crippen LogP contribution in [-0.4, -0.2) is 43.4 Å². The van der Waals surface area contributed by atoms with E-state index in [-0.39, 0.29) is 5.82 Å². The minimum absolute atomic E-state index is 0.254. The quantitative estimate of drug-likeness (QED) is 0.879. The molecule has 0 saturated carbocycles. The third-order valence-electron chi connectivity index (χ3n) is 3.07. The summed E-state index contributed by atoms with van der Waals surface area (Å²) in [7, 11) is 1.52. The van der Waals surface area contributed by atoms with Crippen molar-refractivity contribution >= 4 is 16.7 Å². The van der Waals surface area contributed by atoms with E-state index in [1.165, 1.54) is 13.2 Å². The zero-order chi connectivity index (χ0) is 12.5. The van der Waals surface area contributed by atoms with E-state index in [2.05, 4.69) is 9.97 Å². The summed E-state index contributed by atoms with van der Waals surface area (Å²) in [6, 6.07) is 3.59. The third kappa shape index (κ3) is 1.88. The Morgan fingerprint density at radius 3 is 2.89 bits per heavy atom. The molecule has 0 unspecified atom stereocenters. The largest absolute Gasteiger partial charge is 0.468 e. The van der Waals surface area contributed by atoms with Gasteiger partial charge in [0.15, 0.2) is 0 Å². The number of aromatic amines is 1. The van der Waals surface area contributed by atoms with Gasteiger partial charge in [-0.05, 0) is 6.07 Å². The highest BCUT2D eigenvalue weighted by Gasteiger charge is 2.17. The molecule has 0 radical (unpaired) electrons. The van der Waals surface area contributed by atoms with E-state index < -0.39 is 0 Å².